The van der Waals surface area contributed by atoms with Crippen molar-refractivity contribution in [2.24, 2.45) is 0 Å². The fraction of sp³-hybridized carbons (Fsp3) is 0.500. The molecule has 0 bridgehead atoms. The Morgan fingerprint density at radius 3 is 2.25 bits per heavy atom. The predicted octanol–water partition coefficient (Wildman–Crippen LogP) is 4.29. The van der Waals surface area contributed by atoms with Crippen LogP contribution in [0.1, 0.15) is 44.9 Å². The molecule has 112 valence electrons. The highest BCUT2D eigenvalue weighted by molar-refractivity contribution is 5.68. The number of hydrogen-bond acceptors (Lipinski definition) is 2. The molecule has 0 saturated carbocycles. The Balaban J connectivity index is 2.88. The van der Waals surface area contributed by atoms with Gasteiger partial charge in [-0.2, -0.15) is 13.2 Å². The van der Waals surface area contributed by atoms with Gasteiger partial charge < -0.3 is 10.1 Å². The summed E-state index contributed by atoms with van der Waals surface area (Å²) in [5.74, 6) is 0. The van der Waals surface area contributed by atoms with E-state index in [1.165, 1.54) is 25.1 Å². The van der Waals surface area contributed by atoms with Gasteiger partial charge >= 0.3 is 12.3 Å². The van der Waals surface area contributed by atoms with Crippen LogP contribution in [0.3, 0.4) is 0 Å². The molecule has 0 aliphatic carbocycles. The van der Waals surface area contributed by atoms with E-state index in [0.29, 0.717) is 0 Å². The maximum Gasteiger partial charge on any atom is 0.416 e. The van der Waals surface area contributed by atoms with E-state index in [0.717, 1.165) is 6.07 Å². The second kappa shape index (κ2) is 5.73. The summed E-state index contributed by atoms with van der Waals surface area (Å²) in [6.07, 6.45) is -6.22. The van der Waals surface area contributed by atoms with E-state index < -0.39 is 29.5 Å². The first-order valence-corrected chi connectivity index (χ1v) is 6.15. The Morgan fingerprint density at radius 2 is 1.75 bits per heavy atom. The Hall–Kier alpha value is -1.72. The Bertz CT molecular complexity index is 478. The molecule has 0 aromatic heterocycles. The van der Waals surface area contributed by atoms with Crippen LogP contribution in [0.2, 0.25) is 0 Å². The maximum atomic E-state index is 12.9. The number of hydrogen-bond donors (Lipinski definition) is 1. The van der Waals surface area contributed by atoms with Gasteiger partial charge in [-0.3, -0.25) is 0 Å². The molecule has 20 heavy (non-hydrogen) atoms. The molecule has 0 saturated heterocycles. The number of alkyl halides is 3. The zero-order valence-electron chi connectivity index (χ0n) is 11.8. The van der Waals surface area contributed by atoms with Gasteiger partial charge in [0.1, 0.15) is 6.10 Å². The summed E-state index contributed by atoms with van der Waals surface area (Å²) in [5.41, 5.74) is -1.37. The Labute approximate surface area is 116 Å². The van der Waals surface area contributed by atoms with Crippen molar-refractivity contribution in [2.45, 2.75) is 45.5 Å². The van der Waals surface area contributed by atoms with Crippen LogP contribution in [0.25, 0.3) is 0 Å². The molecular weight excluding hydrogens is 271 g/mol. The normalized spacial score (nSPS) is 13.8. The fourth-order valence-corrected chi connectivity index (χ4v) is 1.67. The number of nitrogens with one attached hydrogen (secondary N) is 1. The second-order valence-electron chi connectivity index (χ2n) is 5.51. The number of halogens is 3. The molecule has 1 aromatic carbocycles. The number of benzene rings is 1. The summed E-state index contributed by atoms with van der Waals surface area (Å²) in [6.45, 7) is 6.67. The van der Waals surface area contributed by atoms with E-state index in [1.807, 2.05) is 0 Å². The smallest absolute Gasteiger partial charge is 0.416 e. The molecule has 0 spiro atoms. The van der Waals surface area contributed by atoms with E-state index in [2.05, 4.69) is 5.32 Å². The van der Waals surface area contributed by atoms with E-state index in [1.54, 1.807) is 20.8 Å². The third-order valence-electron chi connectivity index (χ3n) is 2.47. The van der Waals surface area contributed by atoms with Crippen molar-refractivity contribution in [3.8, 4) is 0 Å². The Morgan fingerprint density at radius 1 is 1.20 bits per heavy atom. The molecule has 0 heterocycles. The third-order valence-corrected chi connectivity index (χ3v) is 2.47. The quantitative estimate of drug-likeness (QED) is 0.882. The van der Waals surface area contributed by atoms with E-state index in [9.17, 15) is 18.0 Å². The predicted molar refractivity (Wildman–Crippen MR) is 69.2 cm³/mol. The summed E-state index contributed by atoms with van der Waals surface area (Å²) in [5, 5.41) is 2.54. The summed E-state index contributed by atoms with van der Waals surface area (Å²) in [7, 11) is 0. The van der Waals surface area contributed by atoms with Crippen LogP contribution in [-0.4, -0.2) is 11.6 Å². The van der Waals surface area contributed by atoms with Gasteiger partial charge in [0.15, 0.2) is 0 Å². The standard InChI is InChI=1S/C14H18F3NO2/c1-9(20-12(19)18-13(2,3)4)10-7-5-6-8-11(10)14(15,16)17/h5-9H,1-4H3,(H,18,19). The van der Waals surface area contributed by atoms with Crippen molar-refractivity contribution in [1.29, 1.82) is 0 Å². The van der Waals surface area contributed by atoms with Crippen molar-refractivity contribution in [1.82, 2.24) is 5.32 Å². The largest absolute Gasteiger partial charge is 0.442 e. The summed E-state index contributed by atoms with van der Waals surface area (Å²) in [4.78, 5) is 11.6. The molecule has 3 nitrogen and oxygen atoms in total. The maximum absolute atomic E-state index is 12.9. The van der Waals surface area contributed by atoms with Gasteiger partial charge in [0.05, 0.1) is 5.56 Å². The van der Waals surface area contributed by atoms with Gasteiger partial charge in [0, 0.05) is 11.1 Å². The molecule has 0 fully saturated rings. The fourth-order valence-electron chi connectivity index (χ4n) is 1.67. The van der Waals surface area contributed by atoms with Gasteiger partial charge in [-0.15, -0.1) is 0 Å². The van der Waals surface area contributed by atoms with Crippen molar-refractivity contribution in [2.75, 3.05) is 0 Å². The van der Waals surface area contributed by atoms with Crippen LogP contribution in [0, 0.1) is 0 Å². The average molecular weight is 289 g/mol. The van der Waals surface area contributed by atoms with Crippen molar-refractivity contribution in [3.05, 3.63) is 35.4 Å². The SMILES string of the molecule is CC(OC(=O)NC(C)(C)C)c1ccccc1C(F)(F)F. The molecule has 0 radical (unpaired) electrons. The molecule has 6 heteroatoms. The van der Waals surface area contributed by atoms with Gasteiger partial charge in [0.2, 0.25) is 0 Å². The van der Waals surface area contributed by atoms with Crippen molar-refractivity contribution < 1.29 is 22.7 Å². The lowest BCUT2D eigenvalue weighted by atomic mass is 10.0. The monoisotopic (exact) mass is 289 g/mol. The highest BCUT2D eigenvalue weighted by atomic mass is 19.4. The first kappa shape index (κ1) is 16.3. The summed E-state index contributed by atoms with van der Waals surface area (Å²) in [6, 6.07) is 5.05. The lowest BCUT2D eigenvalue weighted by Crippen LogP contribution is -2.41. The summed E-state index contributed by atoms with van der Waals surface area (Å²) >= 11 is 0. The molecule has 1 amide bonds. The number of carbonyl (C=O) groups is 1. The molecule has 1 atom stereocenters. The minimum absolute atomic E-state index is 0.0657. The number of rotatable bonds is 2. The van der Waals surface area contributed by atoms with Crippen LogP contribution < -0.4 is 5.32 Å². The highest BCUT2D eigenvalue weighted by Gasteiger charge is 2.35. The number of carbonyl (C=O) groups excluding carboxylic acids is 1. The minimum Gasteiger partial charge on any atom is -0.442 e. The van der Waals surface area contributed by atoms with E-state index in [4.69, 9.17) is 4.74 Å². The van der Waals surface area contributed by atoms with Crippen LogP contribution in [0.5, 0.6) is 0 Å². The first-order valence-electron chi connectivity index (χ1n) is 6.15. The molecule has 0 aliphatic heterocycles. The van der Waals surface area contributed by atoms with Crippen LogP contribution in [0.15, 0.2) is 24.3 Å². The van der Waals surface area contributed by atoms with Gasteiger partial charge in [-0.05, 0) is 33.8 Å². The summed E-state index contributed by atoms with van der Waals surface area (Å²) < 4.78 is 43.6. The van der Waals surface area contributed by atoms with Crippen LogP contribution in [-0.2, 0) is 10.9 Å². The van der Waals surface area contributed by atoms with Gasteiger partial charge in [-0.1, -0.05) is 18.2 Å². The number of amides is 1. The molecule has 1 aromatic rings. The van der Waals surface area contributed by atoms with Crippen LogP contribution >= 0.6 is 0 Å². The molecule has 1 unspecified atom stereocenters. The molecule has 0 aliphatic rings. The van der Waals surface area contributed by atoms with Crippen molar-refractivity contribution >= 4 is 6.09 Å². The lowest BCUT2D eigenvalue weighted by molar-refractivity contribution is -0.139. The molecular formula is C14H18F3NO2. The van der Waals surface area contributed by atoms with E-state index >= 15 is 0 Å². The molecule has 1 N–H and O–H groups in total. The highest BCUT2D eigenvalue weighted by Crippen LogP contribution is 2.35. The van der Waals surface area contributed by atoms with E-state index in [-0.39, 0.29) is 5.56 Å². The van der Waals surface area contributed by atoms with Gasteiger partial charge in [0.25, 0.3) is 0 Å². The topological polar surface area (TPSA) is 38.3 Å². The molecule has 1 rings (SSSR count). The second-order valence-corrected chi connectivity index (χ2v) is 5.51. The minimum atomic E-state index is -4.48. The third kappa shape index (κ3) is 4.75. The van der Waals surface area contributed by atoms with Crippen molar-refractivity contribution in [3.63, 3.8) is 0 Å². The Kier molecular flexibility index (Phi) is 4.68. The van der Waals surface area contributed by atoms with Crippen LogP contribution in [0.4, 0.5) is 18.0 Å². The average Bonchev–Trinajstić information content (AvgIpc) is 2.25. The van der Waals surface area contributed by atoms with Gasteiger partial charge in [-0.25, -0.2) is 4.79 Å². The zero-order chi connectivity index (χ0) is 15.6. The number of ether oxygens (including phenoxy) is 1. The first-order chi connectivity index (χ1) is 9.00. The number of alkyl carbamates (subject to hydrolysis) is 1. The zero-order valence-corrected chi connectivity index (χ0v) is 11.8. The lowest BCUT2D eigenvalue weighted by Gasteiger charge is -2.23.